The highest BCUT2D eigenvalue weighted by atomic mass is 32.2. The zero-order valence-electron chi connectivity index (χ0n) is 12.2. The number of hydrogen-bond acceptors (Lipinski definition) is 3. The van der Waals surface area contributed by atoms with Gasteiger partial charge >= 0.3 is 0 Å². The molecule has 0 bridgehead atoms. The molecule has 0 fully saturated rings. The van der Waals surface area contributed by atoms with Crippen LogP contribution in [0.4, 0.5) is 5.69 Å². The van der Waals surface area contributed by atoms with Crippen molar-refractivity contribution in [1.82, 2.24) is 0 Å². The van der Waals surface area contributed by atoms with Crippen molar-refractivity contribution in [2.24, 2.45) is 0 Å². The summed E-state index contributed by atoms with van der Waals surface area (Å²) in [6.07, 6.45) is 0. The molecule has 1 N–H and O–H groups in total. The smallest absolute Gasteiger partial charge is 0.237 e. The molecule has 0 aliphatic carbocycles. The zero-order valence-corrected chi connectivity index (χ0v) is 13.1. The van der Waals surface area contributed by atoms with Gasteiger partial charge in [0, 0.05) is 17.1 Å². The highest BCUT2D eigenvalue weighted by Crippen LogP contribution is 2.24. The Kier molecular flexibility index (Phi) is 5.28. The number of rotatable bonds is 5. The maximum Gasteiger partial charge on any atom is 0.237 e. The molecule has 0 aromatic heterocycles. The van der Waals surface area contributed by atoms with Crippen molar-refractivity contribution in [3.05, 3.63) is 54.1 Å². The Balaban J connectivity index is 2.06. The molecule has 0 heterocycles. The van der Waals surface area contributed by atoms with Crippen LogP contribution in [0.1, 0.15) is 12.5 Å². The van der Waals surface area contributed by atoms with Gasteiger partial charge in [0.1, 0.15) is 5.75 Å². The molecule has 2 aromatic rings. The average molecular weight is 301 g/mol. The van der Waals surface area contributed by atoms with Gasteiger partial charge in [0.2, 0.25) is 5.91 Å². The van der Waals surface area contributed by atoms with Gasteiger partial charge < -0.3 is 10.0 Å². The van der Waals surface area contributed by atoms with Gasteiger partial charge in [-0.2, -0.15) is 0 Å². The molecule has 4 heteroatoms. The summed E-state index contributed by atoms with van der Waals surface area (Å²) < 4.78 is 0. The van der Waals surface area contributed by atoms with Crippen LogP contribution in [0.2, 0.25) is 0 Å². The summed E-state index contributed by atoms with van der Waals surface area (Å²) >= 11 is 1.44. The summed E-state index contributed by atoms with van der Waals surface area (Å²) in [6, 6.07) is 14.9. The number of aryl methyl sites for hydroxylation is 1. The second kappa shape index (κ2) is 7.18. The van der Waals surface area contributed by atoms with E-state index in [0.29, 0.717) is 12.3 Å². The van der Waals surface area contributed by atoms with Crippen molar-refractivity contribution in [3.8, 4) is 5.75 Å². The van der Waals surface area contributed by atoms with Gasteiger partial charge in [-0.05, 0) is 43.7 Å². The Labute approximate surface area is 129 Å². The topological polar surface area (TPSA) is 40.5 Å². The molecular formula is C17H19NO2S. The predicted octanol–water partition coefficient (Wildman–Crippen LogP) is 3.85. The first-order chi connectivity index (χ1) is 10.1. The van der Waals surface area contributed by atoms with Crippen LogP contribution in [0.15, 0.2) is 53.4 Å². The average Bonchev–Trinajstić information content (AvgIpc) is 2.48. The summed E-state index contributed by atoms with van der Waals surface area (Å²) in [4.78, 5) is 15.1. The number of nitrogens with zero attached hydrogens (tertiary/aromatic N) is 1. The molecule has 0 spiro atoms. The van der Waals surface area contributed by atoms with E-state index in [0.717, 1.165) is 16.1 Å². The van der Waals surface area contributed by atoms with E-state index in [4.69, 9.17) is 0 Å². The minimum atomic E-state index is 0.0696. The van der Waals surface area contributed by atoms with Crippen LogP contribution in [0.5, 0.6) is 5.75 Å². The Morgan fingerprint density at radius 1 is 1.19 bits per heavy atom. The molecule has 0 saturated heterocycles. The molecule has 0 aliphatic rings. The third-order valence-corrected chi connectivity index (χ3v) is 4.18. The van der Waals surface area contributed by atoms with Gasteiger partial charge in [0.25, 0.3) is 0 Å². The second-order valence-corrected chi connectivity index (χ2v) is 5.76. The van der Waals surface area contributed by atoms with E-state index in [1.54, 1.807) is 23.1 Å². The van der Waals surface area contributed by atoms with Gasteiger partial charge in [-0.3, -0.25) is 4.79 Å². The lowest BCUT2D eigenvalue weighted by Gasteiger charge is -2.22. The van der Waals surface area contributed by atoms with Crippen molar-refractivity contribution >= 4 is 23.4 Å². The molecule has 0 radical (unpaired) electrons. The van der Waals surface area contributed by atoms with E-state index in [-0.39, 0.29) is 11.7 Å². The highest BCUT2D eigenvalue weighted by molar-refractivity contribution is 8.00. The van der Waals surface area contributed by atoms with Gasteiger partial charge in [0.05, 0.1) is 5.75 Å². The Morgan fingerprint density at radius 3 is 2.62 bits per heavy atom. The molecule has 0 atom stereocenters. The zero-order chi connectivity index (χ0) is 15.2. The van der Waals surface area contributed by atoms with E-state index in [1.165, 1.54) is 11.8 Å². The standard InChI is InChI=1S/C17H19NO2S/c1-3-18(16-10-5-4-7-13(16)2)17(20)12-21-15-9-6-8-14(19)11-15/h4-11,19H,3,12H2,1-2H3. The lowest BCUT2D eigenvalue weighted by Crippen LogP contribution is -2.32. The first-order valence-electron chi connectivity index (χ1n) is 6.89. The van der Waals surface area contributed by atoms with Crippen molar-refractivity contribution in [3.63, 3.8) is 0 Å². The van der Waals surface area contributed by atoms with E-state index >= 15 is 0 Å². The monoisotopic (exact) mass is 301 g/mol. The van der Waals surface area contributed by atoms with Crippen LogP contribution < -0.4 is 4.90 Å². The van der Waals surface area contributed by atoms with Crippen LogP contribution in [0, 0.1) is 6.92 Å². The number of para-hydroxylation sites is 1. The van der Waals surface area contributed by atoms with E-state index in [1.807, 2.05) is 44.2 Å². The molecule has 0 unspecified atom stereocenters. The van der Waals surface area contributed by atoms with Crippen molar-refractivity contribution < 1.29 is 9.90 Å². The van der Waals surface area contributed by atoms with E-state index in [2.05, 4.69) is 0 Å². The van der Waals surface area contributed by atoms with Gasteiger partial charge in [-0.25, -0.2) is 0 Å². The summed E-state index contributed by atoms with van der Waals surface area (Å²) in [5.74, 6) is 0.643. The van der Waals surface area contributed by atoms with Crippen LogP contribution >= 0.6 is 11.8 Å². The fourth-order valence-corrected chi connectivity index (χ4v) is 2.97. The quantitative estimate of drug-likeness (QED) is 0.853. The summed E-state index contributed by atoms with van der Waals surface area (Å²) in [5, 5.41) is 9.44. The number of carbonyl (C=O) groups excluding carboxylic acids is 1. The number of benzene rings is 2. The highest BCUT2D eigenvalue weighted by Gasteiger charge is 2.15. The number of thioether (sulfide) groups is 1. The van der Waals surface area contributed by atoms with Crippen LogP contribution in [-0.2, 0) is 4.79 Å². The molecule has 0 saturated carbocycles. The molecule has 21 heavy (non-hydrogen) atoms. The molecule has 1 amide bonds. The number of phenolic OH excluding ortho intramolecular Hbond substituents is 1. The van der Waals surface area contributed by atoms with Gasteiger partial charge in [-0.1, -0.05) is 24.3 Å². The second-order valence-electron chi connectivity index (χ2n) is 4.71. The minimum Gasteiger partial charge on any atom is -0.508 e. The number of amides is 1. The Bertz CT molecular complexity index is 628. The molecule has 3 nitrogen and oxygen atoms in total. The number of aromatic hydroxyl groups is 1. The minimum absolute atomic E-state index is 0.0696. The fourth-order valence-electron chi connectivity index (χ4n) is 2.14. The van der Waals surface area contributed by atoms with Gasteiger partial charge in [0.15, 0.2) is 0 Å². The Hall–Kier alpha value is -1.94. The molecule has 110 valence electrons. The third kappa shape index (κ3) is 4.02. The largest absolute Gasteiger partial charge is 0.508 e. The number of carbonyl (C=O) groups is 1. The summed E-state index contributed by atoms with van der Waals surface area (Å²) in [7, 11) is 0. The number of anilines is 1. The lowest BCUT2D eigenvalue weighted by atomic mass is 10.2. The third-order valence-electron chi connectivity index (χ3n) is 3.20. The van der Waals surface area contributed by atoms with Crippen LogP contribution in [-0.4, -0.2) is 23.3 Å². The van der Waals surface area contributed by atoms with Crippen molar-refractivity contribution in [2.45, 2.75) is 18.7 Å². The van der Waals surface area contributed by atoms with Gasteiger partial charge in [-0.15, -0.1) is 11.8 Å². The summed E-state index contributed by atoms with van der Waals surface area (Å²) in [5.41, 5.74) is 2.05. The van der Waals surface area contributed by atoms with Crippen LogP contribution in [0.25, 0.3) is 0 Å². The number of hydrogen-bond donors (Lipinski definition) is 1. The first-order valence-corrected chi connectivity index (χ1v) is 7.88. The summed E-state index contributed by atoms with van der Waals surface area (Å²) in [6.45, 7) is 4.63. The van der Waals surface area contributed by atoms with E-state index in [9.17, 15) is 9.90 Å². The molecule has 0 aliphatic heterocycles. The Morgan fingerprint density at radius 2 is 1.95 bits per heavy atom. The van der Waals surface area contributed by atoms with Crippen molar-refractivity contribution in [2.75, 3.05) is 17.2 Å². The van der Waals surface area contributed by atoms with E-state index < -0.39 is 0 Å². The fraction of sp³-hybridized carbons (Fsp3) is 0.235. The normalized spacial score (nSPS) is 10.4. The molecule has 2 rings (SSSR count). The maximum atomic E-state index is 12.4. The lowest BCUT2D eigenvalue weighted by molar-refractivity contribution is -0.116. The van der Waals surface area contributed by atoms with Crippen molar-refractivity contribution in [1.29, 1.82) is 0 Å². The molecule has 2 aromatic carbocycles. The maximum absolute atomic E-state index is 12.4. The number of phenols is 1. The SMILES string of the molecule is CCN(C(=O)CSc1cccc(O)c1)c1ccccc1C. The predicted molar refractivity (Wildman–Crippen MR) is 88.0 cm³/mol. The van der Waals surface area contributed by atoms with Crippen LogP contribution in [0.3, 0.4) is 0 Å². The molecular weight excluding hydrogens is 282 g/mol. The first kappa shape index (κ1) is 15.4.